The molecular weight excluding hydrogens is 148 g/mol. The minimum atomic E-state index is 0.803. The zero-order chi connectivity index (χ0) is 8.97. The van der Waals surface area contributed by atoms with Crippen molar-refractivity contribution >= 4 is 0 Å². The van der Waals surface area contributed by atoms with Crippen LogP contribution in [0.5, 0.6) is 0 Å². The third-order valence-electron chi connectivity index (χ3n) is 2.73. The van der Waals surface area contributed by atoms with Gasteiger partial charge in [0.1, 0.15) is 0 Å². The van der Waals surface area contributed by atoms with Crippen LogP contribution in [0.1, 0.15) is 33.1 Å². The maximum absolute atomic E-state index is 3.64. The molecule has 2 rings (SSSR count). The maximum Gasteiger partial charge on any atom is 0.0198 e. The molecule has 0 aliphatic carbocycles. The zero-order valence-electron chi connectivity index (χ0n) is 8.64. The van der Waals surface area contributed by atoms with Gasteiger partial charge < -0.3 is 10.2 Å². The molecule has 2 saturated heterocycles. The number of nitrogens with zero attached hydrogens (tertiary/aromatic N) is 1. The molecule has 2 bridgehead atoms. The van der Waals surface area contributed by atoms with Crippen molar-refractivity contribution in [1.82, 2.24) is 10.2 Å². The van der Waals surface area contributed by atoms with E-state index in [1.54, 1.807) is 0 Å². The molecule has 1 N–H and O–H groups in total. The van der Waals surface area contributed by atoms with Crippen LogP contribution in [0.4, 0.5) is 0 Å². The van der Waals surface area contributed by atoms with Crippen molar-refractivity contribution in [1.29, 1.82) is 0 Å². The Morgan fingerprint density at radius 3 is 2.50 bits per heavy atom. The van der Waals surface area contributed by atoms with E-state index in [-0.39, 0.29) is 0 Å². The molecule has 2 heteroatoms. The molecule has 2 heterocycles. The van der Waals surface area contributed by atoms with Crippen molar-refractivity contribution in [3.05, 3.63) is 0 Å². The van der Waals surface area contributed by atoms with Gasteiger partial charge in [-0.2, -0.15) is 0 Å². The second kappa shape index (κ2) is 4.83. The number of likely N-dealkylation sites (tertiary alicyclic amines) is 1. The lowest BCUT2D eigenvalue weighted by molar-refractivity contribution is 0.313. The van der Waals surface area contributed by atoms with Crippen LogP contribution in [0.25, 0.3) is 0 Å². The molecule has 2 aliphatic rings. The SMILES string of the molecule is CC.CN1CC[C@H]2CCC(C1)N2. The second-order valence-corrected chi connectivity index (χ2v) is 3.69. The van der Waals surface area contributed by atoms with E-state index in [1.807, 2.05) is 13.8 Å². The van der Waals surface area contributed by atoms with Crippen molar-refractivity contribution in [2.24, 2.45) is 0 Å². The summed E-state index contributed by atoms with van der Waals surface area (Å²) in [6.45, 7) is 6.55. The van der Waals surface area contributed by atoms with Gasteiger partial charge in [-0.3, -0.25) is 0 Å². The predicted octanol–water partition coefficient (Wildman–Crippen LogP) is 1.47. The Bertz CT molecular complexity index is 125. The monoisotopic (exact) mass is 170 g/mol. The molecule has 1 unspecified atom stereocenters. The normalized spacial score (nSPS) is 35.2. The van der Waals surface area contributed by atoms with Gasteiger partial charge in [0.05, 0.1) is 0 Å². The van der Waals surface area contributed by atoms with E-state index in [0.29, 0.717) is 0 Å². The average Bonchev–Trinajstić information content (AvgIpc) is 2.43. The van der Waals surface area contributed by atoms with Gasteiger partial charge in [0.2, 0.25) is 0 Å². The van der Waals surface area contributed by atoms with Crippen LogP contribution in [0.3, 0.4) is 0 Å². The van der Waals surface area contributed by atoms with Crippen LogP contribution in [-0.2, 0) is 0 Å². The Morgan fingerprint density at radius 2 is 1.75 bits per heavy atom. The first-order valence-electron chi connectivity index (χ1n) is 5.29. The van der Waals surface area contributed by atoms with E-state index in [4.69, 9.17) is 0 Å². The fraction of sp³-hybridized carbons (Fsp3) is 1.00. The summed E-state index contributed by atoms with van der Waals surface area (Å²) in [4.78, 5) is 2.44. The molecule has 2 atom stereocenters. The molecule has 2 fully saturated rings. The van der Waals surface area contributed by atoms with Gasteiger partial charge >= 0.3 is 0 Å². The standard InChI is InChI=1S/C8H16N2.C2H6/c1-10-5-4-7-2-3-8(6-10)9-7;1-2/h7-9H,2-6H2,1H3;1-2H3/t7-,8?;/m1./s1. The summed E-state index contributed by atoms with van der Waals surface area (Å²) in [6.07, 6.45) is 4.17. The Balaban J connectivity index is 0.000000336. The number of fused-ring (bicyclic) bond motifs is 2. The van der Waals surface area contributed by atoms with Crippen molar-refractivity contribution in [2.75, 3.05) is 20.1 Å². The molecule has 0 aromatic heterocycles. The lowest BCUT2D eigenvalue weighted by atomic mass is 10.1. The summed E-state index contributed by atoms with van der Waals surface area (Å²) in [5.74, 6) is 0. The largest absolute Gasteiger partial charge is 0.310 e. The number of likely N-dealkylation sites (N-methyl/N-ethyl adjacent to an activating group) is 1. The van der Waals surface area contributed by atoms with E-state index >= 15 is 0 Å². The van der Waals surface area contributed by atoms with Crippen molar-refractivity contribution in [2.45, 2.75) is 45.2 Å². The highest BCUT2D eigenvalue weighted by Gasteiger charge is 2.27. The molecule has 2 aliphatic heterocycles. The van der Waals surface area contributed by atoms with Gasteiger partial charge in [-0.25, -0.2) is 0 Å². The van der Waals surface area contributed by atoms with Crippen molar-refractivity contribution in [3.63, 3.8) is 0 Å². The summed E-state index contributed by atoms with van der Waals surface area (Å²) in [5, 5.41) is 3.64. The van der Waals surface area contributed by atoms with E-state index < -0.39 is 0 Å². The lowest BCUT2D eigenvalue weighted by Crippen LogP contribution is -2.33. The number of hydrogen-bond donors (Lipinski definition) is 1. The Morgan fingerprint density at radius 1 is 1.08 bits per heavy atom. The predicted molar refractivity (Wildman–Crippen MR) is 53.4 cm³/mol. The highest BCUT2D eigenvalue weighted by Crippen LogP contribution is 2.18. The Labute approximate surface area is 76.3 Å². The molecule has 0 saturated carbocycles. The van der Waals surface area contributed by atoms with E-state index in [1.165, 1.54) is 32.4 Å². The molecule has 0 radical (unpaired) electrons. The van der Waals surface area contributed by atoms with Crippen LogP contribution < -0.4 is 5.32 Å². The third-order valence-corrected chi connectivity index (χ3v) is 2.73. The average molecular weight is 170 g/mol. The lowest BCUT2D eigenvalue weighted by Gasteiger charge is -2.17. The zero-order valence-corrected chi connectivity index (χ0v) is 8.64. The van der Waals surface area contributed by atoms with Gasteiger partial charge in [0.15, 0.2) is 0 Å². The molecule has 12 heavy (non-hydrogen) atoms. The molecule has 0 aromatic rings. The summed E-state index contributed by atoms with van der Waals surface area (Å²) >= 11 is 0. The smallest absolute Gasteiger partial charge is 0.0198 e. The summed E-state index contributed by atoms with van der Waals surface area (Å²) in [5.41, 5.74) is 0. The molecule has 72 valence electrons. The summed E-state index contributed by atoms with van der Waals surface area (Å²) < 4.78 is 0. The van der Waals surface area contributed by atoms with Gasteiger partial charge in [0.25, 0.3) is 0 Å². The summed E-state index contributed by atoms with van der Waals surface area (Å²) in [6, 6.07) is 1.65. The highest BCUT2D eigenvalue weighted by molar-refractivity contribution is 4.88. The minimum absolute atomic E-state index is 0.803. The van der Waals surface area contributed by atoms with Crippen molar-refractivity contribution in [3.8, 4) is 0 Å². The fourth-order valence-electron chi connectivity index (χ4n) is 2.12. The van der Waals surface area contributed by atoms with Crippen molar-refractivity contribution < 1.29 is 0 Å². The van der Waals surface area contributed by atoms with Gasteiger partial charge in [-0.1, -0.05) is 13.8 Å². The maximum atomic E-state index is 3.64. The van der Waals surface area contributed by atoms with Crippen LogP contribution >= 0.6 is 0 Å². The van der Waals surface area contributed by atoms with E-state index in [9.17, 15) is 0 Å². The fourth-order valence-corrected chi connectivity index (χ4v) is 2.12. The molecule has 0 spiro atoms. The first kappa shape index (κ1) is 10.0. The minimum Gasteiger partial charge on any atom is -0.310 e. The topological polar surface area (TPSA) is 15.3 Å². The molecule has 0 amide bonds. The Kier molecular flexibility index (Phi) is 4.02. The summed E-state index contributed by atoms with van der Waals surface area (Å²) in [7, 11) is 2.22. The first-order chi connectivity index (χ1) is 5.84. The van der Waals surface area contributed by atoms with Gasteiger partial charge in [-0.15, -0.1) is 0 Å². The second-order valence-electron chi connectivity index (χ2n) is 3.69. The van der Waals surface area contributed by atoms with E-state index in [0.717, 1.165) is 12.1 Å². The van der Waals surface area contributed by atoms with Crippen LogP contribution in [0.2, 0.25) is 0 Å². The highest BCUT2D eigenvalue weighted by atomic mass is 15.2. The van der Waals surface area contributed by atoms with Crippen LogP contribution in [0.15, 0.2) is 0 Å². The number of rotatable bonds is 0. The van der Waals surface area contributed by atoms with E-state index in [2.05, 4.69) is 17.3 Å². The third kappa shape index (κ3) is 2.46. The quantitative estimate of drug-likeness (QED) is 0.592. The first-order valence-corrected chi connectivity index (χ1v) is 5.29. The molecule has 2 nitrogen and oxygen atoms in total. The van der Waals surface area contributed by atoms with Crippen LogP contribution in [-0.4, -0.2) is 37.1 Å². The van der Waals surface area contributed by atoms with Gasteiger partial charge in [0, 0.05) is 18.6 Å². The number of hydrogen-bond acceptors (Lipinski definition) is 2. The van der Waals surface area contributed by atoms with Gasteiger partial charge in [-0.05, 0) is 32.9 Å². The molecular formula is C10H22N2. The Hall–Kier alpha value is -0.0800. The number of nitrogens with one attached hydrogen (secondary N) is 1. The molecule has 0 aromatic carbocycles. The van der Waals surface area contributed by atoms with Crippen LogP contribution in [0, 0.1) is 0 Å².